The molecule has 0 saturated heterocycles. The summed E-state index contributed by atoms with van der Waals surface area (Å²) < 4.78 is 501. The van der Waals surface area contributed by atoms with Gasteiger partial charge in [0.25, 0.3) is 0 Å². The van der Waals surface area contributed by atoms with E-state index in [1.54, 1.807) is 0 Å². The fourth-order valence-corrected chi connectivity index (χ4v) is 7.37. The first-order valence-corrected chi connectivity index (χ1v) is 18.8. The molecule has 0 N–H and O–H groups in total. The van der Waals surface area contributed by atoms with E-state index in [1.165, 1.54) is 0 Å². The van der Waals surface area contributed by atoms with Crippen LogP contribution in [0.25, 0.3) is 29.1 Å². The van der Waals surface area contributed by atoms with Gasteiger partial charge in [-0.15, -0.1) is 21.9 Å². The maximum absolute atomic E-state index is 16.2. The number of halogens is 36. The molecule has 0 atom stereocenters. The van der Waals surface area contributed by atoms with Crippen molar-refractivity contribution in [2.75, 3.05) is 0 Å². The van der Waals surface area contributed by atoms with Gasteiger partial charge in [-0.2, -0.15) is 43.9 Å². The van der Waals surface area contributed by atoms with Gasteiger partial charge in [-0.05, 0) is 15.9 Å². The van der Waals surface area contributed by atoms with E-state index in [-0.39, 0.29) is 29.6 Å². The standard InChI is InChI=1S/C32BF28.C8BrF7.Na/c34-9-1(17(42)29(54)55)10(35)22(47)5(21(9)46)33(6-23(48)11(36)2(12(37)24(6)49)18(43)30(56)57,7-25(50)13(38)3(14(39)26(7)51)19(44)31(58)59)8-27(52)15(40)4(16(41)28(8)53)20(45)32(60)61;9-2-6(13)3(10)1(4(11)7(2)14)5(12)8(15)16;/q-1;;+1. The van der Waals surface area contributed by atoms with E-state index in [2.05, 4.69) is 15.9 Å². The average molecular weight is 1260 g/mol. The SMILES string of the molecule is FC(F)=C(F)c1c(F)c(F)c(Br)c(F)c1F.FC(F)=C(F)c1c(F)c(F)c([B-](c2c(F)c(F)c(C(F)=C(F)F)c(F)c2F)(c2c(F)c(F)c(C(F)=C(F)F)c(F)c2F)c2c(F)c(F)c(C(F)=C(F)F)c(F)c2F)c(F)c1F.[Na+]. The number of rotatable bonds is 9. The normalized spacial score (nSPS) is 11.2. The van der Waals surface area contributed by atoms with Gasteiger partial charge in [0.05, 0.1) is 32.3 Å². The monoisotopic (exact) mass is 1260 g/mol. The van der Waals surface area contributed by atoms with E-state index in [0.29, 0.717) is 0 Å². The van der Waals surface area contributed by atoms with Crippen LogP contribution in [0.2, 0.25) is 0 Å². The van der Waals surface area contributed by atoms with Crippen LogP contribution in [-0.4, -0.2) is 6.15 Å². The predicted octanol–water partition coefficient (Wildman–Crippen LogP) is 13.0. The van der Waals surface area contributed by atoms with Gasteiger partial charge in [0.2, 0.25) is 29.1 Å². The van der Waals surface area contributed by atoms with Crippen molar-refractivity contribution in [3.8, 4) is 0 Å². The van der Waals surface area contributed by atoms with Crippen molar-refractivity contribution in [3.63, 3.8) is 0 Å². The molecule has 416 valence electrons. The van der Waals surface area contributed by atoms with Gasteiger partial charge in [0.15, 0.2) is 69.8 Å². The molecule has 0 nitrogen and oxygen atoms in total. The van der Waals surface area contributed by atoms with E-state index in [1.807, 2.05) is 0 Å². The van der Waals surface area contributed by atoms with E-state index in [4.69, 9.17) is 0 Å². The Morgan fingerprint density at radius 2 is 0.321 bits per heavy atom. The third-order valence-electron chi connectivity index (χ3n) is 10.1. The average Bonchev–Trinajstić information content (AvgIpc) is 3.35. The van der Waals surface area contributed by atoms with Crippen molar-refractivity contribution >= 4 is 73.1 Å². The summed E-state index contributed by atoms with van der Waals surface area (Å²) in [7, 11) is 0. The Hall–Kier alpha value is -6.11. The quantitative estimate of drug-likeness (QED) is 0.0597. The van der Waals surface area contributed by atoms with Gasteiger partial charge in [-0.3, -0.25) is 0 Å². The minimum atomic E-state index is -8.01. The minimum absolute atomic E-state index is 0. The molecule has 0 bridgehead atoms. The van der Waals surface area contributed by atoms with E-state index in [0.717, 1.165) is 0 Å². The molecule has 0 radical (unpaired) electrons. The first-order chi connectivity index (χ1) is 35.3. The van der Waals surface area contributed by atoms with Crippen LogP contribution in [-0.2, 0) is 0 Å². The Kier molecular flexibility index (Phi) is 20.4. The van der Waals surface area contributed by atoms with Crippen LogP contribution in [0.1, 0.15) is 27.8 Å². The Bertz CT molecular complexity index is 3010. The molecule has 0 heterocycles. The first-order valence-electron chi connectivity index (χ1n) is 18.0. The summed E-state index contributed by atoms with van der Waals surface area (Å²) in [6, 6.07) is 0. The molecule has 0 aliphatic rings. The topological polar surface area (TPSA) is 0 Å². The van der Waals surface area contributed by atoms with Crippen LogP contribution >= 0.6 is 15.9 Å². The first kappa shape index (κ1) is 66.2. The summed E-state index contributed by atoms with van der Waals surface area (Å²) in [4.78, 5) is 0. The largest absolute Gasteiger partial charge is 1.00 e. The molecule has 0 saturated carbocycles. The molecule has 0 unspecified atom stereocenters. The summed E-state index contributed by atoms with van der Waals surface area (Å²) >= 11 is 2.15. The van der Waals surface area contributed by atoms with Gasteiger partial charge < -0.3 is 0 Å². The zero-order chi connectivity index (χ0) is 59.6. The number of benzene rings is 5. The van der Waals surface area contributed by atoms with Crippen LogP contribution in [0.4, 0.5) is 154 Å². The molecule has 5 aromatic carbocycles. The van der Waals surface area contributed by atoms with E-state index < -0.39 is 236 Å². The van der Waals surface area contributed by atoms with Gasteiger partial charge in [-0.1, -0.05) is 0 Å². The maximum atomic E-state index is 16.2. The number of hydrogen-bond donors (Lipinski definition) is 0. The van der Waals surface area contributed by atoms with Gasteiger partial charge in [-0.25, -0.2) is 110 Å². The molecular weight excluding hydrogens is 1260 g/mol. The molecular formula is C40BBrF35Na. The third-order valence-corrected chi connectivity index (χ3v) is 10.8. The van der Waals surface area contributed by atoms with Crippen LogP contribution in [0, 0.1) is 116 Å². The van der Waals surface area contributed by atoms with Gasteiger partial charge >= 0.3 is 60.0 Å². The van der Waals surface area contributed by atoms with Crippen LogP contribution in [0.5, 0.6) is 0 Å². The summed E-state index contributed by atoms with van der Waals surface area (Å²) in [5.41, 5.74) is -32.6. The number of hydrogen-bond acceptors (Lipinski definition) is 0. The Morgan fingerprint density at radius 1 is 0.205 bits per heavy atom. The van der Waals surface area contributed by atoms with Crippen molar-refractivity contribution in [2.45, 2.75) is 0 Å². The zero-order valence-electron chi connectivity index (χ0n) is 35.2. The summed E-state index contributed by atoms with van der Waals surface area (Å²) in [6.45, 7) is 0. The van der Waals surface area contributed by atoms with Crippen LogP contribution in [0.15, 0.2) is 34.9 Å². The van der Waals surface area contributed by atoms with Crippen molar-refractivity contribution in [2.24, 2.45) is 0 Å². The molecule has 78 heavy (non-hydrogen) atoms. The predicted molar refractivity (Wildman–Crippen MR) is 195 cm³/mol. The van der Waals surface area contributed by atoms with Crippen molar-refractivity contribution in [1.82, 2.24) is 0 Å². The maximum Gasteiger partial charge on any atom is 1.00 e. The molecule has 5 rings (SSSR count). The van der Waals surface area contributed by atoms with Crippen molar-refractivity contribution in [1.29, 1.82) is 0 Å². The second kappa shape index (κ2) is 24.1. The Balaban J connectivity index is 0.000000805. The molecule has 0 aliphatic heterocycles. The van der Waals surface area contributed by atoms with E-state index >= 15 is 70.2 Å². The summed E-state index contributed by atoms with van der Waals surface area (Å²) in [5.74, 6) is -92.4. The summed E-state index contributed by atoms with van der Waals surface area (Å²) in [6.07, 6.45) is -27.3. The van der Waals surface area contributed by atoms with Crippen LogP contribution in [0.3, 0.4) is 0 Å². The smallest absolute Gasteiger partial charge is 0.207 e. The summed E-state index contributed by atoms with van der Waals surface area (Å²) in [5, 5.41) is 0. The Labute approximate surface area is 434 Å². The molecule has 0 aromatic heterocycles. The van der Waals surface area contributed by atoms with Crippen molar-refractivity contribution < 1.29 is 183 Å². The molecule has 5 aromatic rings. The molecule has 0 amide bonds. The van der Waals surface area contributed by atoms with Crippen LogP contribution < -0.4 is 51.4 Å². The van der Waals surface area contributed by atoms with Crippen molar-refractivity contribution in [3.05, 3.63) is 179 Å². The fourth-order valence-electron chi connectivity index (χ4n) is 7.02. The van der Waals surface area contributed by atoms with Gasteiger partial charge in [0, 0.05) is 0 Å². The molecule has 0 fully saturated rings. The third kappa shape index (κ3) is 10.5. The van der Waals surface area contributed by atoms with Gasteiger partial charge in [0.1, 0.15) is 52.7 Å². The molecule has 0 spiro atoms. The molecule has 38 heteroatoms. The second-order valence-corrected chi connectivity index (χ2v) is 14.7. The Morgan fingerprint density at radius 3 is 0.436 bits per heavy atom. The van der Waals surface area contributed by atoms with E-state index in [9.17, 15) is 83.4 Å². The minimum Gasteiger partial charge on any atom is -0.207 e. The zero-order valence-corrected chi connectivity index (χ0v) is 38.8. The second-order valence-electron chi connectivity index (χ2n) is 13.9. The fraction of sp³-hybridized carbons (Fsp3) is 0. The molecule has 0 aliphatic carbocycles.